The first-order chi connectivity index (χ1) is 15.6. The third kappa shape index (κ3) is 4.37. The Morgan fingerprint density at radius 1 is 0.667 bits per heavy atom. The molecule has 172 valence electrons. The van der Waals surface area contributed by atoms with Crippen LogP contribution in [0.4, 0.5) is 35.1 Å². The molecule has 0 unspecified atom stereocenters. The summed E-state index contributed by atoms with van der Waals surface area (Å²) in [4.78, 5) is 0. The highest BCUT2D eigenvalue weighted by molar-refractivity contribution is 6.67. The van der Waals surface area contributed by atoms with Gasteiger partial charge in [-0.2, -0.15) is 8.78 Å². The van der Waals surface area contributed by atoms with Crippen molar-refractivity contribution < 1.29 is 39.9 Å². The Morgan fingerprint density at radius 2 is 1.18 bits per heavy atom. The summed E-state index contributed by atoms with van der Waals surface area (Å²) in [5, 5.41) is 0. The second kappa shape index (κ2) is 9.52. The summed E-state index contributed by atoms with van der Waals surface area (Å²) < 4.78 is 118. The van der Waals surface area contributed by atoms with Crippen LogP contribution in [-0.4, -0.2) is 7.28 Å². The molecule has 3 aromatic rings. The molecule has 1 nitrogen and oxygen atoms in total. The summed E-state index contributed by atoms with van der Waals surface area (Å²) in [5.74, 6) is -16.5. The Kier molecular flexibility index (Phi) is 6.95. The fourth-order valence-electron chi connectivity index (χ4n) is 3.37. The largest absolute Gasteiger partial charge is 0.482 e. The Balaban J connectivity index is 1.96. The minimum Gasteiger partial charge on any atom is -0.482 e. The van der Waals surface area contributed by atoms with E-state index in [1.54, 1.807) is 12.1 Å². The molecule has 0 amide bonds. The van der Waals surface area contributed by atoms with E-state index < -0.39 is 82.8 Å². The molecule has 0 aliphatic rings. The lowest BCUT2D eigenvalue weighted by Crippen LogP contribution is -2.35. The maximum atomic E-state index is 14.5. The number of rotatable bonds is 7. The zero-order chi connectivity index (χ0) is 24.4. The summed E-state index contributed by atoms with van der Waals surface area (Å²) in [6, 6.07) is 6.28. The molecular weight excluding hydrogens is 455 g/mol. The predicted octanol–water partition coefficient (Wildman–Crippen LogP) is 4.78. The molecule has 3 rings (SSSR count). The van der Waals surface area contributed by atoms with Crippen LogP contribution in [0.3, 0.4) is 0 Å². The third-order valence-electron chi connectivity index (χ3n) is 5.25. The summed E-state index contributed by atoms with van der Waals surface area (Å²) >= 11 is 0. The Morgan fingerprint density at radius 3 is 1.64 bits per heavy atom. The molecular formula is C23H14BF8O-. The fourth-order valence-corrected chi connectivity index (χ4v) is 3.37. The van der Waals surface area contributed by atoms with E-state index in [0.29, 0.717) is 11.5 Å². The molecule has 0 heterocycles. The molecule has 0 saturated heterocycles. The lowest BCUT2D eigenvalue weighted by molar-refractivity contribution is 0.249. The van der Waals surface area contributed by atoms with Gasteiger partial charge in [-0.3, -0.25) is 0 Å². The highest BCUT2D eigenvalue weighted by atomic mass is 19.2. The average Bonchev–Trinajstić information content (AvgIpc) is 2.82. The van der Waals surface area contributed by atoms with Crippen LogP contribution in [0.2, 0.25) is 0 Å². The Bertz CT molecular complexity index is 1200. The summed E-state index contributed by atoms with van der Waals surface area (Å²) in [6.45, 7) is 5.13. The molecule has 0 aromatic heterocycles. The van der Waals surface area contributed by atoms with Crippen molar-refractivity contribution in [2.24, 2.45) is 0 Å². The minimum atomic E-state index is -2.00. The highest BCUT2D eigenvalue weighted by Gasteiger charge is 2.27. The predicted molar refractivity (Wildman–Crippen MR) is 111 cm³/mol. The number of ether oxygens (including phenoxy) is 1. The maximum absolute atomic E-state index is 14.5. The van der Waals surface area contributed by atoms with Gasteiger partial charge in [-0.25, -0.2) is 31.8 Å². The fraction of sp³-hybridized carbons (Fsp3) is 0.0435. The van der Waals surface area contributed by atoms with Crippen molar-refractivity contribution in [3.8, 4) is 5.75 Å². The van der Waals surface area contributed by atoms with Crippen molar-refractivity contribution >= 4 is 30.4 Å². The van der Waals surface area contributed by atoms with E-state index in [1.165, 1.54) is 18.2 Å². The molecule has 0 spiro atoms. The van der Waals surface area contributed by atoms with E-state index in [9.17, 15) is 35.1 Å². The summed E-state index contributed by atoms with van der Waals surface area (Å²) in [5.41, 5.74) is -2.08. The van der Waals surface area contributed by atoms with Crippen molar-refractivity contribution in [1.29, 1.82) is 0 Å². The molecule has 0 radical (unpaired) electrons. The van der Waals surface area contributed by atoms with Crippen molar-refractivity contribution in [2.45, 2.75) is 6.61 Å². The van der Waals surface area contributed by atoms with E-state index in [4.69, 9.17) is 0 Å². The van der Waals surface area contributed by atoms with Gasteiger partial charge >= 0.3 is 0 Å². The van der Waals surface area contributed by atoms with E-state index in [0.717, 1.165) is 5.56 Å². The zero-order valence-corrected chi connectivity index (χ0v) is 17.0. The zero-order valence-electron chi connectivity index (χ0n) is 17.0. The van der Waals surface area contributed by atoms with Crippen LogP contribution in [0.1, 0.15) is 16.7 Å². The number of benzene rings is 3. The third-order valence-corrected chi connectivity index (χ3v) is 5.25. The van der Waals surface area contributed by atoms with Gasteiger partial charge in [-0.15, -0.1) is 5.46 Å². The van der Waals surface area contributed by atoms with E-state index in [2.05, 4.69) is 17.9 Å². The second-order valence-corrected chi connectivity index (χ2v) is 7.22. The van der Waals surface area contributed by atoms with Crippen molar-refractivity contribution in [1.82, 2.24) is 0 Å². The van der Waals surface area contributed by atoms with Gasteiger partial charge in [0.15, 0.2) is 29.0 Å². The monoisotopic (exact) mass is 469 g/mol. The normalized spacial score (nSPS) is 10.9. The van der Waals surface area contributed by atoms with Gasteiger partial charge < -0.3 is 4.74 Å². The lowest BCUT2D eigenvalue weighted by atomic mass is 9.63. The van der Waals surface area contributed by atoms with Gasteiger partial charge in [0.05, 0.1) is 11.1 Å². The molecule has 10 heteroatoms. The molecule has 0 aliphatic heterocycles. The van der Waals surface area contributed by atoms with Crippen molar-refractivity contribution in [2.75, 3.05) is 0 Å². The van der Waals surface area contributed by atoms with Gasteiger partial charge in [0, 0.05) is 7.28 Å². The van der Waals surface area contributed by atoms with Crippen LogP contribution in [0, 0.1) is 46.5 Å². The molecule has 0 N–H and O–H groups in total. The average molecular weight is 469 g/mol. The minimum absolute atomic E-state index is 0.457. The molecule has 0 bridgehead atoms. The SMILES string of the molecule is C=Cc1ccc([BH2-]c2c(F)c(F)c(COc3c(F)c(F)c(C=C)c(F)c3F)c(F)c2F)cc1. The highest BCUT2D eigenvalue weighted by Crippen LogP contribution is 2.31. The van der Waals surface area contributed by atoms with E-state index in [-0.39, 0.29) is 0 Å². The maximum Gasteiger partial charge on any atom is 0.204 e. The van der Waals surface area contributed by atoms with Gasteiger partial charge in [0.2, 0.25) is 11.6 Å². The topological polar surface area (TPSA) is 9.23 Å². The standard InChI is InChI=1S/C23H14BF8O/c1-3-10-5-7-11(8-6-10)24-14-19(29)17(27)13(18(28)20(14)30)9-33-23-21(31)15(25)12(4-2)16(26)22(23)32/h3-8H,1-2,9,24H2/q-1. The molecule has 0 saturated carbocycles. The van der Waals surface area contributed by atoms with Gasteiger partial charge in [0.1, 0.15) is 18.2 Å². The van der Waals surface area contributed by atoms with Crippen LogP contribution in [0.15, 0.2) is 37.4 Å². The summed E-state index contributed by atoms with van der Waals surface area (Å²) in [7, 11) is -1.85. The van der Waals surface area contributed by atoms with Crippen molar-refractivity contribution in [3.05, 3.63) is 101 Å². The van der Waals surface area contributed by atoms with Gasteiger partial charge in [-0.1, -0.05) is 49.6 Å². The quantitative estimate of drug-likeness (QED) is 0.275. The van der Waals surface area contributed by atoms with Crippen LogP contribution in [0.5, 0.6) is 5.75 Å². The molecule has 3 aromatic carbocycles. The molecule has 0 atom stereocenters. The smallest absolute Gasteiger partial charge is 0.204 e. The van der Waals surface area contributed by atoms with Crippen LogP contribution >= 0.6 is 0 Å². The molecule has 0 fully saturated rings. The van der Waals surface area contributed by atoms with E-state index in [1.807, 2.05) is 0 Å². The first kappa shape index (κ1) is 24.1. The first-order valence-electron chi connectivity index (χ1n) is 9.57. The second-order valence-electron chi connectivity index (χ2n) is 7.22. The molecule has 33 heavy (non-hydrogen) atoms. The summed E-state index contributed by atoms with van der Waals surface area (Å²) in [6.07, 6.45) is 2.05. The number of hydrogen-bond acceptors (Lipinski definition) is 1. The van der Waals surface area contributed by atoms with E-state index >= 15 is 0 Å². The van der Waals surface area contributed by atoms with Crippen LogP contribution in [0.25, 0.3) is 12.2 Å². The van der Waals surface area contributed by atoms with Gasteiger partial charge in [0.25, 0.3) is 0 Å². The first-order valence-corrected chi connectivity index (χ1v) is 9.57. The number of hydrogen-bond donors (Lipinski definition) is 0. The van der Waals surface area contributed by atoms with Crippen molar-refractivity contribution in [3.63, 3.8) is 0 Å². The van der Waals surface area contributed by atoms with Gasteiger partial charge in [-0.05, 0) is 5.56 Å². The number of halogens is 8. The molecule has 0 aliphatic carbocycles. The van der Waals surface area contributed by atoms with Crippen LogP contribution < -0.4 is 15.7 Å². The lowest BCUT2D eigenvalue weighted by Gasteiger charge is -2.17. The van der Waals surface area contributed by atoms with Crippen LogP contribution in [-0.2, 0) is 6.61 Å². The Hall–Kier alpha value is -3.56. The Labute approximate surface area is 183 Å².